The summed E-state index contributed by atoms with van der Waals surface area (Å²) in [5.41, 5.74) is 0. The van der Waals surface area contributed by atoms with Gasteiger partial charge in [-0.15, -0.1) is 0 Å². The molecule has 0 aromatic carbocycles. The van der Waals surface area contributed by atoms with Crippen LogP contribution in [0.15, 0.2) is 24.0 Å². The van der Waals surface area contributed by atoms with E-state index in [9.17, 15) is 14.4 Å². The minimum Gasteiger partial charge on any atom is -0.502 e. The number of hydrogen-bond donors (Lipinski definition) is 3. The summed E-state index contributed by atoms with van der Waals surface area (Å²) in [6.07, 6.45) is 2.45. The van der Waals surface area contributed by atoms with Crippen LogP contribution >= 0.6 is 0 Å². The Morgan fingerprint density at radius 2 is 1.60 bits per heavy atom. The van der Waals surface area contributed by atoms with Crippen molar-refractivity contribution in [1.29, 1.82) is 0 Å². The topological polar surface area (TPSA) is 112 Å². The molecule has 0 spiro atoms. The first-order chi connectivity index (χ1) is 6.93. The molecule has 6 heteroatoms. The zero-order valence-corrected chi connectivity index (χ0v) is 7.71. The third-order valence-corrected chi connectivity index (χ3v) is 1.34. The standard InChI is InChI=1S/C9H10O6/c10-6(4-5-8(12)13)2-1-3-7(11)9(14)15/h1-3,11H,4-5H2,(H,12,13)(H,14,15)/b2-1-,7-3+. The smallest absolute Gasteiger partial charge is 0.370 e. The van der Waals surface area contributed by atoms with Crippen molar-refractivity contribution < 1.29 is 29.7 Å². The molecule has 0 aliphatic carbocycles. The van der Waals surface area contributed by atoms with E-state index in [1.807, 2.05) is 0 Å². The Labute approximate surface area is 85.1 Å². The quantitative estimate of drug-likeness (QED) is 0.337. The van der Waals surface area contributed by atoms with Crippen LogP contribution in [0.1, 0.15) is 12.8 Å². The average molecular weight is 214 g/mol. The van der Waals surface area contributed by atoms with E-state index in [0.29, 0.717) is 0 Å². The molecule has 0 aliphatic rings. The van der Waals surface area contributed by atoms with Gasteiger partial charge < -0.3 is 15.3 Å². The van der Waals surface area contributed by atoms with Crippen molar-refractivity contribution in [2.45, 2.75) is 12.8 Å². The van der Waals surface area contributed by atoms with E-state index in [1.54, 1.807) is 0 Å². The van der Waals surface area contributed by atoms with Gasteiger partial charge >= 0.3 is 11.9 Å². The van der Waals surface area contributed by atoms with E-state index in [1.165, 1.54) is 0 Å². The van der Waals surface area contributed by atoms with Crippen molar-refractivity contribution in [3.63, 3.8) is 0 Å². The molecule has 15 heavy (non-hydrogen) atoms. The molecule has 0 heterocycles. The summed E-state index contributed by atoms with van der Waals surface area (Å²) in [5, 5.41) is 25.1. The molecule has 0 bridgehead atoms. The van der Waals surface area contributed by atoms with Gasteiger partial charge in [-0.1, -0.05) is 6.08 Å². The van der Waals surface area contributed by atoms with Gasteiger partial charge in [-0.2, -0.15) is 0 Å². The van der Waals surface area contributed by atoms with Crippen LogP contribution in [0.3, 0.4) is 0 Å². The lowest BCUT2D eigenvalue weighted by Gasteiger charge is -1.90. The first-order valence-corrected chi connectivity index (χ1v) is 3.98. The van der Waals surface area contributed by atoms with Crippen LogP contribution in [0.5, 0.6) is 0 Å². The largest absolute Gasteiger partial charge is 0.502 e. The maximum Gasteiger partial charge on any atom is 0.370 e. The molecule has 6 nitrogen and oxygen atoms in total. The maximum absolute atomic E-state index is 10.9. The molecule has 0 rings (SSSR count). The molecule has 0 fully saturated rings. The van der Waals surface area contributed by atoms with Crippen molar-refractivity contribution in [2.24, 2.45) is 0 Å². The minimum atomic E-state index is -1.50. The first kappa shape index (κ1) is 12.9. The Morgan fingerprint density at radius 1 is 1.00 bits per heavy atom. The third-order valence-electron chi connectivity index (χ3n) is 1.34. The van der Waals surface area contributed by atoms with E-state index in [-0.39, 0.29) is 12.8 Å². The van der Waals surface area contributed by atoms with Crippen molar-refractivity contribution in [2.75, 3.05) is 0 Å². The predicted octanol–water partition coefficient (Wildman–Crippen LogP) is 0.503. The van der Waals surface area contributed by atoms with Gasteiger partial charge in [-0.25, -0.2) is 4.79 Å². The number of hydrogen-bond acceptors (Lipinski definition) is 4. The van der Waals surface area contributed by atoms with Gasteiger partial charge in [0.2, 0.25) is 5.76 Å². The van der Waals surface area contributed by atoms with E-state index in [0.717, 1.165) is 18.2 Å². The summed E-state index contributed by atoms with van der Waals surface area (Å²) >= 11 is 0. The number of aliphatic carboxylic acids is 2. The maximum atomic E-state index is 10.9. The summed E-state index contributed by atoms with van der Waals surface area (Å²) in [4.78, 5) is 31.0. The zero-order chi connectivity index (χ0) is 11.8. The van der Waals surface area contributed by atoms with Crippen LogP contribution in [0.4, 0.5) is 0 Å². The second kappa shape index (κ2) is 6.36. The number of aliphatic hydroxyl groups excluding tert-OH is 1. The average Bonchev–Trinajstić information content (AvgIpc) is 2.14. The minimum absolute atomic E-state index is 0.159. The number of ketones is 1. The highest BCUT2D eigenvalue weighted by Gasteiger charge is 2.02. The summed E-state index contributed by atoms with van der Waals surface area (Å²) in [5.74, 6) is -3.93. The monoisotopic (exact) mass is 214 g/mol. The van der Waals surface area contributed by atoms with Crippen LogP contribution in [0.25, 0.3) is 0 Å². The Balaban J connectivity index is 4.07. The van der Waals surface area contributed by atoms with Crippen LogP contribution in [-0.2, 0) is 14.4 Å². The molecule has 0 saturated heterocycles. The molecule has 3 N–H and O–H groups in total. The first-order valence-electron chi connectivity index (χ1n) is 3.98. The Hall–Kier alpha value is -2.11. The molecule has 0 amide bonds. The molecule has 0 atom stereocenters. The molecule has 0 aromatic heterocycles. The number of carboxylic acid groups (broad SMARTS) is 2. The molecule has 0 unspecified atom stereocenters. The zero-order valence-electron chi connectivity index (χ0n) is 7.71. The predicted molar refractivity (Wildman–Crippen MR) is 49.4 cm³/mol. The molecule has 0 aliphatic heterocycles. The second-order valence-electron chi connectivity index (χ2n) is 2.58. The molecule has 0 saturated carbocycles. The van der Waals surface area contributed by atoms with E-state index < -0.39 is 23.5 Å². The highest BCUT2D eigenvalue weighted by Crippen LogP contribution is 1.94. The number of carboxylic acids is 2. The molecular weight excluding hydrogens is 204 g/mol. The van der Waals surface area contributed by atoms with Crippen LogP contribution < -0.4 is 0 Å². The SMILES string of the molecule is O=C(O)CCC(=O)/C=C\C=C(\O)C(=O)O. The van der Waals surface area contributed by atoms with Crippen molar-refractivity contribution in [3.05, 3.63) is 24.0 Å². The fraction of sp³-hybridized carbons (Fsp3) is 0.222. The molecule has 0 aromatic rings. The summed E-state index contributed by atoms with van der Waals surface area (Å²) in [6, 6.07) is 0. The Bertz CT molecular complexity index is 325. The van der Waals surface area contributed by atoms with Gasteiger partial charge in [-0.05, 0) is 12.2 Å². The van der Waals surface area contributed by atoms with Crippen LogP contribution in [0, 0.1) is 0 Å². The van der Waals surface area contributed by atoms with Crippen molar-refractivity contribution in [1.82, 2.24) is 0 Å². The van der Waals surface area contributed by atoms with Crippen LogP contribution in [0.2, 0.25) is 0 Å². The molecule has 0 radical (unpaired) electrons. The van der Waals surface area contributed by atoms with Crippen molar-refractivity contribution in [3.8, 4) is 0 Å². The lowest BCUT2D eigenvalue weighted by atomic mass is 10.2. The summed E-state index contributed by atoms with van der Waals surface area (Å²) in [7, 11) is 0. The van der Waals surface area contributed by atoms with Gasteiger partial charge in [0, 0.05) is 6.42 Å². The fourth-order valence-electron chi connectivity index (χ4n) is 0.631. The van der Waals surface area contributed by atoms with Gasteiger partial charge in [-0.3, -0.25) is 9.59 Å². The summed E-state index contributed by atoms with van der Waals surface area (Å²) in [6.45, 7) is 0. The highest BCUT2D eigenvalue weighted by molar-refractivity contribution is 5.92. The van der Waals surface area contributed by atoms with Crippen LogP contribution in [-0.4, -0.2) is 33.0 Å². The third kappa shape index (κ3) is 7.00. The number of aliphatic hydroxyl groups is 1. The van der Waals surface area contributed by atoms with E-state index in [2.05, 4.69) is 0 Å². The fourth-order valence-corrected chi connectivity index (χ4v) is 0.631. The molecular formula is C9H10O6. The second-order valence-corrected chi connectivity index (χ2v) is 2.58. The van der Waals surface area contributed by atoms with Gasteiger partial charge in [0.25, 0.3) is 0 Å². The lowest BCUT2D eigenvalue weighted by Crippen LogP contribution is -2.00. The van der Waals surface area contributed by atoms with Gasteiger partial charge in [0.05, 0.1) is 6.42 Å². The van der Waals surface area contributed by atoms with E-state index >= 15 is 0 Å². The summed E-state index contributed by atoms with van der Waals surface area (Å²) < 4.78 is 0. The number of allylic oxidation sites excluding steroid dienone is 3. The van der Waals surface area contributed by atoms with Gasteiger partial charge in [0.15, 0.2) is 5.78 Å². The number of rotatable bonds is 6. The lowest BCUT2D eigenvalue weighted by molar-refractivity contribution is -0.138. The Morgan fingerprint density at radius 3 is 2.07 bits per heavy atom. The number of carbonyl (C=O) groups excluding carboxylic acids is 1. The number of carbonyl (C=O) groups is 3. The highest BCUT2D eigenvalue weighted by atomic mass is 16.4. The van der Waals surface area contributed by atoms with E-state index in [4.69, 9.17) is 15.3 Å². The molecule has 82 valence electrons. The van der Waals surface area contributed by atoms with Crippen molar-refractivity contribution >= 4 is 17.7 Å². The normalized spacial score (nSPS) is 11.6. The Kier molecular flexibility index (Phi) is 5.47. The van der Waals surface area contributed by atoms with Gasteiger partial charge in [0.1, 0.15) is 0 Å².